The van der Waals surface area contributed by atoms with Crippen molar-refractivity contribution in [3.8, 4) is 0 Å². The Labute approximate surface area is 240 Å². The third-order valence-electron chi connectivity index (χ3n) is 5.65. The lowest BCUT2D eigenvalue weighted by atomic mass is 10.1. The van der Waals surface area contributed by atoms with Gasteiger partial charge in [0, 0.05) is 18.5 Å². The Bertz CT molecular complexity index is 1380. The minimum absolute atomic E-state index is 0.00150. The van der Waals surface area contributed by atoms with Crippen molar-refractivity contribution in [1.29, 1.82) is 0 Å². The number of nitrogens with one attached hydrogen (secondary N) is 1. The maximum atomic E-state index is 13.0. The summed E-state index contributed by atoms with van der Waals surface area (Å²) < 4.78 is 9.95. The number of rotatable bonds is 12. The number of benzene rings is 1. The topological polar surface area (TPSA) is 189 Å². The predicted molar refractivity (Wildman–Crippen MR) is 151 cm³/mol. The summed E-state index contributed by atoms with van der Waals surface area (Å²) in [5.41, 5.74) is 13.3. The van der Waals surface area contributed by atoms with E-state index in [4.69, 9.17) is 44.1 Å². The predicted octanol–water partition coefficient (Wildman–Crippen LogP) is 2.92. The molecule has 0 saturated carbocycles. The monoisotopic (exact) mass is 592 g/mol. The first-order chi connectivity index (χ1) is 19.1. The lowest BCUT2D eigenvalue weighted by Gasteiger charge is -2.25. The number of hydrogen-bond acceptors (Lipinski definition) is 12. The van der Waals surface area contributed by atoms with E-state index in [-0.39, 0.29) is 65.6 Å². The second-order valence-electron chi connectivity index (χ2n) is 8.43. The Morgan fingerprint density at radius 1 is 1.02 bits per heavy atom. The molecule has 0 spiro atoms. The van der Waals surface area contributed by atoms with Crippen molar-refractivity contribution in [3.63, 3.8) is 0 Å². The highest BCUT2D eigenvalue weighted by Crippen LogP contribution is 2.36. The molecule has 3 rings (SSSR count). The fourth-order valence-electron chi connectivity index (χ4n) is 3.83. The van der Waals surface area contributed by atoms with Crippen molar-refractivity contribution in [2.75, 3.05) is 36.1 Å². The molecule has 0 aliphatic carbocycles. The number of nitrogens with zero attached hydrogens (tertiary/aromatic N) is 5. The van der Waals surface area contributed by atoms with Crippen molar-refractivity contribution in [1.82, 2.24) is 25.3 Å². The number of carbonyl (C=O) groups excluding carboxylic acids is 3. The van der Waals surface area contributed by atoms with Crippen molar-refractivity contribution in [2.45, 2.75) is 46.2 Å². The van der Waals surface area contributed by atoms with Crippen LogP contribution in [-0.2, 0) is 25.6 Å². The first-order valence-electron chi connectivity index (χ1n) is 12.5. The molecule has 5 N–H and O–H groups in total. The van der Waals surface area contributed by atoms with E-state index in [1.165, 1.54) is 18.3 Å². The van der Waals surface area contributed by atoms with Gasteiger partial charge in [0.15, 0.2) is 17.0 Å². The zero-order valence-corrected chi connectivity index (χ0v) is 23.8. The quantitative estimate of drug-likeness (QED) is 0.261. The van der Waals surface area contributed by atoms with Crippen LogP contribution >= 0.6 is 23.2 Å². The lowest BCUT2D eigenvalue weighted by molar-refractivity contribution is -0.146. The fraction of sp³-hybridized carbons (Fsp3) is 0.400. The smallest absolute Gasteiger partial charge is 0.328 e. The van der Waals surface area contributed by atoms with Gasteiger partial charge in [-0.25, -0.2) is 14.8 Å². The van der Waals surface area contributed by atoms with Gasteiger partial charge in [0.1, 0.15) is 6.04 Å². The van der Waals surface area contributed by atoms with E-state index in [1.54, 1.807) is 13.8 Å². The number of nitrogens with two attached hydrogens (primary N) is 2. The summed E-state index contributed by atoms with van der Waals surface area (Å²) in [5.74, 6) is -1.67. The number of carbonyl (C=O) groups is 3. The molecule has 1 atom stereocenters. The summed E-state index contributed by atoms with van der Waals surface area (Å²) >= 11 is 13.2. The van der Waals surface area contributed by atoms with Gasteiger partial charge in [0.2, 0.25) is 5.95 Å². The van der Waals surface area contributed by atoms with Gasteiger partial charge < -0.3 is 31.2 Å². The van der Waals surface area contributed by atoms with E-state index in [1.807, 2.05) is 11.8 Å². The van der Waals surface area contributed by atoms with Gasteiger partial charge in [-0.2, -0.15) is 9.97 Å². The molecular formula is C25H30Cl2N8O5. The maximum absolute atomic E-state index is 13.0. The van der Waals surface area contributed by atoms with E-state index in [0.29, 0.717) is 23.4 Å². The van der Waals surface area contributed by atoms with Gasteiger partial charge in [-0.1, -0.05) is 23.2 Å². The Balaban J connectivity index is 1.81. The standard InChI is InChI=1S/C25H30Cl2N8O5/c1-4-35(12-14-11-30-22-19(31-14)21(28)33-25(29)34-22)20-15(26)9-13(10-16(20)27)23(37)32-17(24(38)40-6-3)7-8-18(36)39-5-2/h9-11,17H,4-8,12H2,1-3H3,(H,32,37)(H4,28,29,30,33,34)/t17-/m0/s1. The first kappa shape index (κ1) is 30.6. The number of amides is 1. The van der Waals surface area contributed by atoms with Crippen LogP contribution in [0.4, 0.5) is 17.5 Å². The summed E-state index contributed by atoms with van der Waals surface area (Å²) in [6, 6.07) is 1.81. The van der Waals surface area contributed by atoms with Crippen molar-refractivity contribution in [3.05, 3.63) is 39.6 Å². The van der Waals surface area contributed by atoms with Gasteiger partial charge in [-0.15, -0.1) is 0 Å². The van der Waals surface area contributed by atoms with Crippen LogP contribution < -0.4 is 21.7 Å². The fourth-order valence-corrected chi connectivity index (χ4v) is 4.56. The van der Waals surface area contributed by atoms with Crippen molar-refractivity contribution < 1.29 is 23.9 Å². The molecule has 0 radical (unpaired) electrons. The molecule has 13 nitrogen and oxygen atoms in total. The minimum atomic E-state index is -1.07. The average molecular weight is 593 g/mol. The molecule has 214 valence electrons. The van der Waals surface area contributed by atoms with Gasteiger partial charge in [-0.05, 0) is 39.3 Å². The maximum Gasteiger partial charge on any atom is 0.328 e. The highest BCUT2D eigenvalue weighted by atomic mass is 35.5. The molecule has 1 aromatic carbocycles. The van der Waals surface area contributed by atoms with Crippen LogP contribution in [0.25, 0.3) is 11.2 Å². The Morgan fingerprint density at radius 2 is 1.70 bits per heavy atom. The highest BCUT2D eigenvalue weighted by Gasteiger charge is 2.25. The second-order valence-corrected chi connectivity index (χ2v) is 9.24. The lowest BCUT2D eigenvalue weighted by Crippen LogP contribution is -2.42. The van der Waals surface area contributed by atoms with Gasteiger partial charge in [-0.3, -0.25) is 9.59 Å². The first-order valence-corrected chi connectivity index (χ1v) is 13.2. The van der Waals surface area contributed by atoms with Crippen molar-refractivity contribution in [2.24, 2.45) is 0 Å². The summed E-state index contributed by atoms with van der Waals surface area (Å²) in [7, 11) is 0. The number of fused-ring (bicyclic) bond motifs is 1. The molecule has 0 bridgehead atoms. The zero-order chi connectivity index (χ0) is 29.4. The van der Waals surface area contributed by atoms with Crippen LogP contribution in [0.2, 0.25) is 10.0 Å². The molecule has 0 aliphatic rings. The highest BCUT2D eigenvalue weighted by molar-refractivity contribution is 6.39. The molecule has 1 amide bonds. The largest absolute Gasteiger partial charge is 0.466 e. The molecule has 40 heavy (non-hydrogen) atoms. The molecule has 0 saturated heterocycles. The third kappa shape index (κ3) is 7.57. The van der Waals surface area contributed by atoms with Crippen LogP contribution in [0.3, 0.4) is 0 Å². The number of anilines is 3. The van der Waals surface area contributed by atoms with E-state index < -0.39 is 23.9 Å². The van der Waals surface area contributed by atoms with Gasteiger partial charge >= 0.3 is 11.9 Å². The number of halogens is 2. The number of nitrogen functional groups attached to an aromatic ring is 2. The van der Waals surface area contributed by atoms with E-state index in [9.17, 15) is 14.4 Å². The molecule has 0 unspecified atom stereocenters. The molecule has 0 fully saturated rings. The number of ether oxygens (including phenoxy) is 2. The number of aromatic nitrogens is 4. The van der Waals surface area contributed by atoms with Crippen LogP contribution in [-0.4, -0.2) is 63.6 Å². The molecule has 2 aromatic heterocycles. The van der Waals surface area contributed by atoms with E-state index >= 15 is 0 Å². The normalized spacial score (nSPS) is 11.6. The third-order valence-corrected chi connectivity index (χ3v) is 6.23. The Hall–Kier alpha value is -3.97. The minimum Gasteiger partial charge on any atom is -0.466 e. The molecule has 2 heterocycles. The van der Waals surface area contributed by atoms with Crippen LogP contribution in [0.5, 0.6) is 0 Å². The van der Waals surface area contributed by atoms with E-state index in [0.717, 1.165) is 0 Å². The van der Waals surface area contributed by atoms with Crippen LogP contribution in [0.1, 0.15) is 49.7 Å². The van der Waals surface area contributed by atoms with Crippen molar-refractivity contribution >= 4 is 69.7 Å². The summed E-state index contributed by atoms with van der Waals surface area (Å²) in [5, 5.41) is 2.99. The summed E-state index contributed by atoms with van der Waals surface area (Å²) in [4.78, 5) is 55.8. The molecule has 3 aromatic rings. The molecule has 15 heteroatoms. The Kier molecular flexibility index (Phi) is 10.6. The molecule has 0 aliphatic heterocycles. The van der Waals surface area contributed by atoms with E-state index in [2.05, 4.69) is 25.3 Å². The Morgan fingerprint density at radius 3 is 2.33 bits per heavy atom. The molecular weight excluding hydrogens is 563 g/mol. The van der Waals surface area contributed by atoms with Gasteiger partial charge in [0.25, 0.3) is 5.91 Å². The zero-order valence-electron chi connectivity index (χ0n) is 22.2. The number of hydrogen-bond donors (Lipinski definition) is 3. The summed E-state index contributed by atoms with van der Waals surface area (Å²) in [6.45, 7) is 6.27. The number of esters is 2. The summed E-state index contributed by atoms with van der Waals surface area (Å²) in [6.07, 6.45) is 1.46. The SMILES string of the molecule is CCOC(=O)CC[C@H](NC(=O)c1cc(Cl)c(N(CC)Cc2cnc3nc(N)nc(N)c3n2)c(Cl)c1)C(=O)OCC. The van der Waals surface area contributed by atoms with Crippen LogP contribution in [0, 0.1) is 0 Å². The van der Waals surface area contributed by atoms with Gasteiger partial charge in [0.05, 0.1) is 47.4 Å². The second kappa shape index (κ2) is 13.9. The van der Waals surface area contributed by atoms with Crippen LogP contribution in [0.15, 0.2) is 18.3 Å². The average Bonchev–Trinajstić information content (AvgIpc) is 2.90.